The molecular weight excluding hydrogens is 398 g/mol. The van der Waals surface area contributed by atoms with Gasteiger partial charge in [0, 0.05) is 35.4 Å². The summed E-state index contributed by atoms with van der Waals surface area (Å²) in [6.45, 7) is 1.96. The number of halogens is 1. The minimum absolute atomic E-state index is 0.0610. The van der Waals surface area contributed by atoms with Crippen LogP contribution in [-0.2, 0) is 0 Å². The van der Waals surface area contributed by atoms with Gasteiger partial charge in [-0.15, -0.1) is 0 Å². The minimum atomic E-state index is -0.574. The van der Waals surface area contributed by atoms with Crippen molar-refractivity contribution in [2.45, 2.75) is 12.8 Å². The lowest BCUT2D eigenvalue weighted by molar-refractivity contribution is 0.0661. The van der Waals surface area contributed by atoms with Crippen molar-refractivity contribution in [1.29, 1.82) is 0 Å². The Labute approximate surface area is 160 Å². The summed E-state index contributed by atoms with van der Waals surface area (Å²) in [7, 11) is 0. The number of benzene rings is 1. The van der Waals surface area contributed by atoms with E-state index >= 15 is 0 Å². The molecule has 1 aliphatic heterocycles. The molecule has 1 fully saturated rings. The molecule has 0 radical (unpaired) electrons. The van der Waals surface area contributed by atoms with Gasteiger partial charge < -0.3 is 15.4 Å². The average Bonchev–Trinajstić information content (AvgIpc) is 2.66. The number of aromatic nitrogens is 1. The van der Waals surface area contributed by atoms with Gasteiger partial charge in [-0.1, -0.05) is 22.0 Å². The molecular formula is C19H20BrN3O3. The van der Waals surface area contributed by atoms with Crippen LogP contribution in [0.4, 0.5) is 0 Å². The molecule has 136 valence electrons. The van der Waals surface area contributed by atoms with Crippen LogP contribution < -0.4 is 10.5 Å². The fourth-order valence-corrected chi connectivity index (χ4v) is 3.36. The van der Waals surface area contributed by atoms with Crippen LogP contribution in [-0.4, -0.2) is 41.4 Å². The van der Waals surface area contributed by atoms with E-state index in [4.69, 9.17) is 10.5 Å². The van der Waals surface area contributed by atoms with Gasteiger partial charge in [0.15, 0.2) is 0 Å². The molecule has 0 atom stereocenters. The number of ether oxygens (including phenoxy) is 1. The highest BCUT2D eigenvalue weighted by molar-refractivity contribution is 9.10. The van der Waals surface area contributed by atoms with E-state index < -0.39 is 5.91 Å². The van der Waals surface area contributed by atoms with Crippen LogP contribution in [0.1, 0.15) is 33.7 Å². The molecule has 0 bridgehead atoms. The summed E-state index contributed by atoms with van der Waals surface area (Å²) >= 11 is 3.40. The van der Waals surface area contributed by atoms with E-state index in [1.807, 2.05) is 29.2 Å². The van der Waals surface area contributed by atoms with Crippen molar-refractivity contribution in [2.24, 2.45) is 11.7 Å². The van der Waals surface area contributed by atoms with Gasteiger partial charge in [-0.2, -0.15) is 0 Å². The standard InChI is InChI=1S/C19H20BrN3O3/c20-15-3-1-2-14(10-15)19(25)23-8-5-13(6-9-23)12-26-16-4-7-22-17(11-16)18(21)24/h1-4,7,10-11,13H,5-6,8-9,12H2,(H2,21,24). The van der Waals surface area contributed by atoms with Crippen molar-refractivity contribution in [3.63, 3.8) is 0 Å². The van der Waals surface area contributed by atoms with Crippen LogP contribution in [0.2, 0.25) is 0 Å². The molecule has 2 amide bonds. The van der Waals surface area contributed by atoms with Crippen molar-refractivity contribution in [2.75, 3.05) is 19.7 Å². The molecule has 6 nitrogen and oxygen atoms in total. The second kappa shape index (κ2) is 8.31. The monoisotopic (exact) mass is 417 g/mol. The highest BCUT2D eigenvalue weighted by Gasteiger charge is 2.24. The summed E-state index contributed by atoms with van der Waals surface area (Å²) in [4.78, 5) is 29.5. The number of rotatable bonds is 5. The molecule has 0 unspecified atom stereocenters. The lowest BCUT2D eigenvalue weighted by atomic mass is 9.97. The molecule has 0 aliphatic carbocycles. The van der Waals surface area contributed by atoms with Gasteiger partial charge >= 0.3 is 0 Å². The summed E-state index contributed by atoms with van der Waals surface area (Å²) in [5, 5.41) is 0. The van der Waals surface area contributed by atoms with Gasteiger partial charge in [0.1, 0.15) is 11.4 Å². The molecule has 1 aromatic carbocycles. The van der Waals surface area contributed by atoms with Crippen molar-refractivity contribution < 1.29 is 14.3 Å². The number of amides is 2. The fraction of sp³-hybridized carbons (Fsp3) is 0.316. The SMILES string of the molecule is NC(=O)c1cc(OCC2CCN(C(=O)c3cccc(Br)c3)CC2)ccn1. The van der Waals surface area contributed by atoms with Crippen LogP contribution >= 0.6 is 15.9 Å². The molecule has 7 heteroatoms. The number of carbonyl (C=O) groups is 2. The topological polar surface area (TPSA) is 85.5 Å². The Balaban J connectivity index is 1.50. The first-order chi connectivity index (χ1) is 12.5. The van der Waals surface area contributed by atoms with Crippen molar-refractivity contribution in [3.8, 4) is 5.75 Å². The Hall–Kier alpha value is -2.41. The number of pyridine rings is 1. The molecule has 0 spiro atoms. The highest BCUT2D eigenvalue weighted by Crippen LogP contribution is 2.22. The molecule has 0 saturated carbocycles. The van der Waals surface area contributed by atoms with E-state index in [2.05, 4.69) is 20.9 Å². The predicted molar refractivity (Wildman–Crippen MR) is 101 cm³/mol. The lowest BCUT2D eigenvalue weighted by Crippen LogP contribution is -2.39. The number of likely N-dealkylation sites (tertiary alicyclic amines) is 1. The molecule has 2 aromatic rings. The number of nitrogens with two attached hydrogens (primary N) is 1. The van der Waals surface area contributed by atoms with Gasteiger partial charge in [0.25, 0.3) is 11.8 Å². The maximum absolute atomic E-state index is 12.6. The summed E-state index contributed by atoms with van der Waals surface area (Å²) in [6.07, 6.45) is 3.27. The van der Waals surface area contributed by atoms with Crippen LogP contribution in [0, 0.1) is 5.92 Å². The zero-order valence-corrected chi connectivity index (χ0v) is 15.8. The molecule has 1 aliphatic rings. The molecule has 26 heavy (non-hydrogen) atoms. The van der Waals surface area contributed by atoms with E-state index in [1.165, 1.54) is 6.20 Å². The first-order valence-electron chi connectivity index (χ1n) is 8.46. The van der Waals surface area contributed by atoms with Crippen LogP contribution in [0.15, 0.2) is 47.1 Å². The Morgan fingerprint density at radius 2 is 2.00 bits per heavy atom. The largest absolute Gasteiger partial charge is 0.493 e. The third-order valence-electron chi connectivity index (χ3n) is 4.44. The summed E-state index contributed by atoms with van der Waals surface area (Å²) in [6, 6.07) is 10.7. The van der Waals surface area contributed by atoms with E-state index in [-0.39, 0.29) is 11.6 Å². The number of piperidine rings is 1. The maximum Gasteiger partial charge on any atom is 0.267 e. The zero-order chi connectivity index (χ0) is 18.5. The van der Waals surface area contributed by atoms with Crippen molar-refractivity contribution in [3.05, 3.63) is 58.3 Å². The number of carbonyl (C=O) groups excluding carboxylic acids is 2. The van der Waals surface area contributed by atoms with E-state index in [9.17, 15) is 9.59 Å². The van der Waals surface area contributed by atoms with Gasteiger partial charge in [-0.25, -0.2) is 0 Å². The zero-order valence-electron chi connectivity index (χ0n) is 14.2. The average molecular weight is 418 g/mol. The summed E-state index contributed by atoms with van der Waals surface area (Å²) in [5.74, 6) is 0.439. The number of hydrogen-bond donors (Lipinski definition) is 1. The second-order valence-corrected chi connectivity index (χ2v) is 7.21. The summed E-state index contributed by atoms with van der Waals surface area (Å²) in [5.41, 5.74) is 6.12. The van der Waals surface area contributed by atoms with E-state index in [0.717, 1.165) is 17.3 Å². The van der Waals surface area contributed by atoms with E-state index in [0.29, 0.717) is 36.9 Å². The van der Waals surface area contributed by atoms with Crippen LogP contribution in [0.3, 0.4) is 0 Å². The normalized spacial score (nSPS) is 14.9. The van der Waals surface area contributed by atoms with Gasteiger partial charge in [0.2, 0.25) is 0 Å². The Morgan fingerprint density at radius 1 is 1.23 bits per heavy atom. The number of hydrogen-bond acceptors (Lipinski definition) is 4. The quantitative estimate of drug-likeness (QED) is 0.809. The Kier molecular flexibility index (Phi) is 5.88. The second-order valence-electron chi connectivity index (χ2n) is 6.30. The predicted octanol–water partition coefficient (Wildman–Crippen LogP) is 2.87. The number of nitrogens with zero attached hydrogens (tertiary/aromatic N) is 2. The third kappa shape index (κ3) is 4.60. The molecule has 2 N–H and O–H groups in total. The first-order valence-corrected chi connectivity index (χ1v) is 9.26. The minimum Gasteiger partial charge on any atom is -0.493 e. The fourth-order valence-electron chi connectivity index (χ4n) is 2.96. The van der Waals surface area contributed by atoms with E-state index in [1.54, 1.807) is 12.1 Å². The Bertz CT molecular complexity index is 804. The maximum atomic E-state index is 12.6. The molecule has 3 rings (SSSR count). The van der Waals surface area contributed by atoms with Crippen LogP contribution in [0.25, 0.3) is 0 Å². The molecule has 2 heterocycles. The highest BCUT2D eigenvalue weighted by atomic mass is 79.9. The Morgan fingerprint density at radius 3 is 2.69 bits per heavy atom. The van der Waals surface area contributed by atoms with Gasteiger partial charge in [-0.3, -0.25) is 14.6 Å². The molecule has 1 saturated heterocycles. The molecule has 1 aromatic heterocycles. The third-order valence-corrected chi connectivity index (χ3v) is 4.94. The first kappa shape index (κ1) is 18.4. The smallest absolute Gasteiger partial charge is 0.267 e. The lowest BCUT2D eigenvalue weighted by Gasteiger charge is -2.32. The van der Waals surface area contributed by atoms with Crippen molar-refractivity contribution >= 4 is 27.7 Å². The van der Waals surface area contributed by atoms with Crippen LogP contribution in [0.5, 0.6) is 5.75 Å². The number of primary amides is 1. The van der Waals surface area contributed by atoms with Gasteiger partial charge in [-0.05, 0) is 43.0 Å². The van der Waals surface area contributed by atoms with Crippen molar-refractivity contribution in [1.82, 2.24) is 9.88 Å². The summed E-state index contributed by atoms with van der Waals surface area (Å²) < 4.78 is 6.68. The van der Waals surface area contributed by atoms with Gasteiger partial charge in [0.05, 0.1) is 6.61 Å².